The summed E-state index contributed by atoms with van der Waals surface area (Å²) < 4.78 is 11.8. The molecule has 3 heterocycles. The SMILES string of the molecule is c1ccc(-c2ccccc2-c2ccc(-n3c4ccccc4c4c(-c5ccc6c7ccccc7n(-c7ccccc7-c7ccccc7)c6c5)cccc43)c3oc4ccccc4c23)cc1. The summed E-state index contributed by atoms with van der Waals surface area (Å²) in [4.78, 5) is 0. The second kappa shape index (κ2) is 14.1. The zero-order valence-electron chi connectivity index (χ0n) is 34.2. The Labute approximate surface area is 363 Å². The Morgan fingerprint density at radius 3 is 1.62 bits per heavy atom. The van der Waals surface area contributed by atoms with Gasteiger partial charge >= 0.3 is 0 Å². The van der Waals surface area contributed by atoms with Gasteiger partial charge in [-0.1, -0.05) is 188 Å². The van der Waals surface area contributed by atoms with Crippen LogP contribution < -0.4 is 0 Å². The van der Waals surface area contributed by atoms with Crippen LogP contribution >= 0.6 is 0 Å². The highest BCUT2D eigenvalue weighted by molar-refractivity contribution is 6.20. The van der Waals surface area contributed by atoms with Gasteiger partial charge in [-0.3, -0.25) is 0 Å². The lowest BCUT2D eigenvalue weighted by Crippen LogP contribution is -1.97. The van der Waals surface area contributed by atoms with Crippen LogP contribution in [0.2, 0.25) is 0 Å². The normalized spacial score (nSPS) is 11.8. The maximum absolute atomic E-state index is 6.98. The van der Waals surface area contributed by atoms with Crippen molar-refractivity contribution in [3.63, 3.8) is 0 Å². The Balaban J connectivity index is 1.06. The van der Waals surface area contributed by atoms with Crippen molar-refractivity contribution in [2.45, 2.75) is 0 Å². The number of aromatic nitrogens is 2. The highest BCUT2D eigenvalue weighted by Crippen LogP contribution is 2.46. The lowest BCUT2D eigenvalue weighted by molar-refractivity contribution is 0.666. The van der Waals surface area contributed by atoms with Crippen molar-refractivity contribution in [2.75, 3.05) is 0 Å². The van der Waals surface area contributed by atoms with Gasteiger partial charge in [-0.2, -0.15) is 0 Å². The van der Waals surface area contributed by atoms with E-state index < -0.39 is 0 Å². The number of fused-ring (bicyclic) bond motifs is 9. The van der Waals surface area contributed by atoms with Gasteiger partial charge in [-0.25, -0.2) is 0 Å². The fourth-order valence-electron chi connectivity index (χ4n) is 10.2. The van der Waals surface area contributed by atoms with Gasteiger partial charge in [0.05, 0.1) is 33.4 Å². The Morgan fingerprint density at radius 1 is 0.270 bits per heavy atom. The molecule has 0 amide bonds. The number of rotatable bonds is 6. The van der Waals surface area contributed by atoms with E-state index in [1.807, 2.05) is 0 Å². The molecule has 0 bridgehead atoms. The van der Waals surface area contributed by atoms with Gasteiger partial charge in [0.1, 0.15) is 5.58 Å². The highest BCUT2D eigenvalue weighted by Gasteiger charge is 2.24. The van der Waals surface area contributed by atoms with E-state index in [2.05, 4.69) is 240 Å². The van der Waals surface area contributed by atoms with Crippen LogP contribution in [0.3, 0.4) is 0 Å². The molecule has 0 fully saturated rings. The van der Waals surface area contributed by atoms with Crippen LogP contribution in [-0.2, 0) is 0 Å². The molecule has 0 aliphatic carbocycles. The van der Waals surface area contributed by atoms with E-state index in [-0.39, 0.29) is 0 Å². The Hall–Kier alpha value is -8.40. The standard InChI is InChI=1S/C60H38N2O/c1-3-18-39(19-4-1)42-22-7-8-24-45(42)48-36-37-55(60-59(48)50-27-12-16-33-57(50)63-60)62-53-31-15-11-26-49(53)58-44(28-17-32-54(58)62)41-34-35-47-46-25-10-14-30-52(46)61(56(47)38-41)51-29-13-9-23-43(51)40-20-5-2-6-21-40/h1-38H. The van der Waals surface area contributed by atoms with E-state index in [1.165, 1.54) is 71.5 Å². The van der Waals surface area contributed by atoms with Gasteiger partial charge in [-0.15, -0.1) is 0 Å². The van der Waals surface area contributed by atoms with Crippen molar-refractivity contribution in [3.05, 3.63) is 231 Å². The van der Waals surface area contributed by atoms with Crippen molar-refractivity contribution >= 4 is 65.6 Å². The quantitative estimate of drug-likeness (QED) is 0.164. The third-order valence-electron chi connectivity index (χ3n) is 13.0. The van der Waals surface area contributed by atoms with E-state index in [4.69, 9.17) is 4.42 Å². The van der Waals surface area contributed by atoms with Gasteiger partial charge in [0, 0.05) is 37.9 Å². The van der Waals surface area contributed by atoms with Crippen LogP contribution in [0.4, 0.5) is 0 Å². The third kappa shape index (κ3) is 5.40. The molecule has 63 heavy (non-hydrogen) atoms. The maximum atomic E-state index is 6.98. The molecule has 0 radical (unpaired) electrons. The Morgan fingerprint density at radius 2 is 0.825 bits per heavy atom. The van der Waals surface area contributed by atoms with Crippen LogP contribution in [0.5, 0.6) is 0 Å². The molecule has 0 aliphatic rings. The first kappa shape index (κ1) is 35.4. The van der Waals surface area contributed by atoms with Crippen LogP contribution in [0.15, 0.2) is 235 Å². The van der Waals surface area contributed by atoms with E-state index in [1.54, 1.807) is 0 Å². The molecule has 0 atom stereocenters. The number of benzene rings is 10. The number of para-hydroxylation sites is 4. The molecular weight excluding hydrogens is 765 g/mol. The lowest BCUT2D eigenvalue weighted by Gasteiger charge is -2.15. The fraction of sp³-hybridized carbons (Fsp3) is 0. The molecule has 3 aromatic heterocycles. The van der Waals surface area contributed by atoms with Gasteiger partial charge in [0.15, 0.2) is 5.58 Å². The Kier molecular flexibility index (Phi) is 7.91. The Bertz CT molecular complexity index is 3900. The van der Waals surface area contributed by atoms with Crippen LogP contribution in [0, 0.1) is 0 Å². The van der Waals surface area contributed by atoms with Crippen molar-refractivity contribution < 1.29 is 4.42 Å². The third-order valence-corrected chi connectivity index (χ3v) is 13.0. The predicted molar refractivity (Wildman–Crippen MR) is 264 cm³/mol. The molecule has 10 aromatic carbocycles. The second-order valence-corrected chi connectivity index (χ2v) is 16.4. The number of furan rings is 1. The summed E-state index contributed by atoms with van der Waals surface area (Å²) in [5.74, 6) is 0. The van der Waals surface area contributed by atoms with Gasteiger partial charge in [0.25, 0.3) is 0 Å². The molecule has 3 heteroatoms. The molecule has 13 rings (SSSR count). The summed E-state index contributed by atoms with van der Waals surface area (Å²) >= 11 is 0. The zero-order valence-corrected chi connectivity index (χ0v) is 34.2. The molecule has 0 saturated carbocycles. The van der Waals surface area contributed by atoms with E-state index >= 15 is 0 Å². The molecule has 0 aliphatic heterocycles. The number of hydrogen-bond donors (Lipinski definition) is 0. The molecule has 0 unspecified atom stereocenters. The summed E-state index contributed by atoms with van der Waals surface area (Å²) in [6.07, 6.45) is 0. The topological polar surface area (TPSA) is 23.0 Å². The van der Waals surface area contributed by atoms with Crippen molar-refractivity contribution in [1.29, 1.82) is 0 Å². The summed E-state index contributed by atoms with van der Waals surface area (Å²) in [7, 11) is 0. The average molecular weight is 803 g/mol. The summed E-state index contributed by atoms with van der Waals surface area (Å²) in [6.45, 7) is 0. The molecule has 0 N–H and O–H groups in total. The molecule has 294 valence electrons. The molecule has 3 nitrogen and oxygen atoms in total. The van der Waals surface area contributed by atoms with Crippen LogP contribution in [-0.4, -0.2) is 9.13 Å². The summed E-state index contributed by atoms with van der Waals surface area (Å²) in [5.41, 5.74) is 18.0. The minimum atomic E-state index is 0.868. The van der Waals surface area contributed by atoms with Gasteiger partial charge in [-0.05, 0) is 81.4 Å². The first-order valence-corrected chi connectivity index (χ1v) is 21.6. The average Bonchev–Trinajstić information content (AvgIpc) is 4.02. The number of hydrogen-bond acceptors (Lipinski definition) is 1. The van der Waals surface area contributed by atoms with Crippen molar-refractivity contribution in [3.8, 4) is 55.9 Å². The maximum Gasteiger partial charge on any atom is 0.160 e. The van der Waals surface area contributed by atoms with Gasteiger partial charge < -0.3 is 13.6 Å². The highest BCUT2D eigenvalue weighted by atomic mass is 16.3. The fourth-order valence-corrected chi connectivity index (χ4v) is 10.2. The van der Waals surface area contributed by atoms with E-state index in [0.29, 0.717) is 0 Å². The molecular formula is C60H38N2O. The first-order chi connectivity index (χ1) is 31.3. The summed E-state index contributed by atoms with van der Waals surface area (Å²) in [5, 5.41) is 7.09. The van der Waals surface area contributed by atoms with Crippen LogP contribution in [0.25, 0.3) is 121 Å². The smallest absolute Gasteiger partial charge is 0.160 e. The van der Waals surface area contributed by atoms with Crippen molar-refractivity contribution in [1.82, 2.24) is 9.13 Å². The monoisotopic (exact) mass is 802 g/mol. The minimum absolute atomic E-state index is 0.868. The second-order valence-electron chi connectivity index (χ2n) is 16.4. The predicted octanol–water partition coefficient (Wildman–Crippen LogP) is 16.4. The van der Waals surface area contributed by atoms with E-state index in [0.717, 1.165) is 49.9 Å². The largest absolute Gasteiger partial charge is 0.454 e. The lowest BCUT2D eigenvalue weighted by atomic mass is 9.91. The molecule has 13 aromatic rings. The van der Waals surface area contributed by atoms with Crippen LogP contribution in [0.1, 0.15) is 0 Å². The van der Waals surface area contributed by atoms with E-state index in [9.17, 15) is 0 Å². The molecule has 0 saturated heterocycles. The van der Waals surface area contributed by atoms with Crippen molar-refractivity contribution in [2.24, 2.45) is 0 Å². The molecule has 0 spiro atoms. The first-order valence-electron chi connectivity index (χ1n) is 21.6. The van der Waals surface area contributed by atoms with Gasteiger partial charge in [0.2, 0.25) is 0 Å². The number of nitrogens with zero attached hydrogens (tertiary/aromatic N) is 2. The summed E-state index contributed by atoms with van der Waals surface area (Å²) in [6, 6.07) is 83.2. The zero-order chi connectivity index (χ0) is 41.4. The minimum Gasteiger partial charge on any atom is -0.454 e.